The molecule has 2 aromatic carbocycles. The fourth-order valence-electron chi connectivity index (χ4n) is 7.38. The molecule has 5 heterocycles. The predicted octanol–water partition coefficient (Wildman–Crippen LogP) is 5.76. The van der Waals surface area contributed by atoms with Crippen LogP contribution in [0.5, 0.6) is 6.01 Å². The Morgan fingerprint density at radius 2 is 1.91 bits per heavy atom. The number of aromatic nitrogens is 3. The van der Waals surface area contributed by atoms with Crippen molar-refractivity contribution in [2.24, 2.45) is 0 Å². The molecule has 2 aromatic heterocycles. The van der Waals surface area contributed by atoms with Gasteiger partial charge in [0.2, 0.25) is 5.91 Å². The first-order valence-electron chi connectivity index (χ1n) is 15.4. The van der Waals surface area contributed by atoms with Crippen LogP contribution in [0.15, 0.2) is 55.1 Å². The third-order valence-corrected chi connectivity index (χ3v) is 9.87. The maximum Gasteiger partial charge on any atom is 0.320 e. The van der Waals surface area contributed by atoms with E-state index in [4.69, 9.17) is 31.3 Å². The molecule has 11 heteroatoms. The SMILES string of the molecule is C=CC(=O)N1CCN(c2nc(OCC34CCCN3CCC4)nc3nc(-c4cccc5cccc(Cl)c45)c(F)cc23)C[C@@H]1CC#N. The quantitative estimate of drug-likeness (QED) is 0.239. The van der Waals surface area contributed by atoms with Gasteiger partial charge in [0.05, 0.1) is 29.5 Å². The van der Waals surface area contributed by atoms with Crippen molar-refractivity contribution >= 4 is 45.1 Å². The number of pyridine rings is 1. The molecular formula is C34H33ClFN7O2. The molecule has 3 fully saturated rings. The summed E-state index contributed by atoms with van der Waals surface area (Å²) in [7, 11) is 0. The Hall–Kier alpha value is -4.33. The van der Waals surface area contributed by atoms with Crippen LogP contribution in [0.4, 0.5) is 10.2 Å². The molecule has 0 saturated carbocycles. The number of rotatable bonds is 7. The van der Waals surface area contributed by atoms with Gasteiger partial charge in [0.25, 0.3) is 0 Å². The van der Waals surface area contributed by atoms with Crippen LogP contribution in [-0.4, -0.2) is 81.6 Å². The van der Waals surface area contributed by atoms with Crippen LogP contribution < -0.4 is 9.64 Å². The van der Waals surface area contributed by atoms with E-state index in [9.17, 15) is 10.1 Å². The van der Waals surface area contributed by atoms with Crippen molar-refractivity contribution in [3.05, 3.63) is 66.0 Å². The number of benzene rings is 2. The van der Waals surface area contributed by atoms with Gasteiger partial charge < -0.3 is 14.5 Å². The second kappa shape index (κ2) is 11.9. The van der Waals surface area contributed by atoms with Gasteiger partial charge in [-0.05, 0) is 62.4 Å². The Bertz CT molecular complexity index is 1850. The Labute approximate surface area is 265 Å². The lowest BCUT2D eigenvalue weighted by molar-refractivity contribution is -0.128. The van der Waals surface area contributed by atoms with E-state index in [1.807, 2.05) is 29.2 Å². The number of hydrogen-bond donors (Lipinski definition) is 0. The second-order valence-electron chi connectivity index (χ2n) is 12.1. The van der Waals surface area contributed by atoms with E-state index >= 15 is 4.39 Å². The maximum atomic E-state index is 16.1. The predicted molar refractivity (Wildman–Crippen MR) is 172 cm³/mol. The van der Waals surface area contributed by atoms with Crippen molar-refractivity contribution in [3.63, 3.8) is 0 Å². The molecule has 3 aliphatic rings. The van der Waals surface area contributed by atoms with Crippen LogP contribution in [0.1, 0.15) is 32.1 Å². The van der Waals surface area contributed by atoms with Crippen LogP contribution >= 0.6 is 11.6 Å². The minimum atomic E-state index is -0.533. The summed E-state index contributed by atoms with van der Waals surface area (Å²) >= 11 is 6.60. The monoisotopic (exact) mass is 625 g/mol. The van der Waals surface area contributed by atoms with Crippen molar-refractivity contribution in [1.29, 1.82) is 5.26 Å². The lowest BCUT2D eigenvalue weighted by atomic mass is 9.95. The van der Waals surface area contributed by atoms with Crippen LogP contribution in [-0.2, 0) is 4.79 Å². The van der Waals surface area contributed by atoms with Crippen LogP contribution in [0.25, 0.3) is 33.1 Å². The molecule has 3 aliphatic heterocycles. The summed E-state index contributed by atoms with van der Waals surface area (Å²) in [5, 5.41) is 12.0. The van der Waals surface area contributed by atoms with Gasteiger partial charge in [-0.15, -0.1) is 0 Å². The molecule has 1 atom stereocenters. The average Bonchev–Trinajstić information content (AvgIpc) is 3.64. The largest absolute Gasteiger partial charge is 0.461 e. The summed E-state index contributed by atoms with van der Waals surface area (Å²) in [5.41, 5.74) is 0.979. The Morgan fingerprint density at radius 3 is 2.67 bits per heavy atom. The normalized spacial score (nSPS) is 19.5. The van der Waals surface area contributed by atoms with Gasteiger partial charge in [0.1, 0.15) is 23.9 Å². The lowest BCUT2D eigenvalue weighted by Gasteiger charge is -2.41. The Balaban J connectivity index is 1.33. The lowest BCUT2D eigenvalue weighted by Crippen LogP contribution is -2.55. The van der Waals surface area contributed by atoms with E-state index in [0.29, 0.717) is 59.1 Å². The summed E-state index contributed by atoms with van der Waals surface area (Å²) in [6.45, 7) is 7.33. The molecule has 1 amide bonds. The first-order chi connectivity index (χ1) is 21.9. The molecule has 3 saturated heterocycles. The van der Waals surface area contributed by atoms with E-state index in [1.54, 1.807) is 17.0 Å². The first-order valence-corrected chi connectivity index (χ1v) is 15.8. The van der Waals surface area contributed by atoms with Gasteiger partial charge in [-0.25, -0.2) is 9.37 Å². The molecule has 0 bridgehead atoms. The number of fused-ring (bicyclic) bond motifs is 3. The number of piperazine rings is 1. The number of carbonyl (C=O) groups is 1. The minimum Gasteiger partial charge on any atom is -0.461 e. The molecule has 0 N–H and O–H groups in total. The average molecular weight is 626 g/mol. The van der Waals surface area contributed by atoms with E-state index in [0.717, 1.165) is 44.2 Å². The number of carbonyl (C=O) groups excluding carboxylic acids is 1. The van der Waals surface area contributed by atoms with Crippen molar-refractivity contribution in [2.45, 2.75) is 43.7 Å². The summed E-state index contributed by atoms with van der Waals surface area (Å²) in [6.07, 6.45) is 5.81. The summed E-state index contributed by atoms with van der Waals surface area (Å²) in [5.74, 6) is -0.298. The van der Waals surface area contributed by atoms with Gasteiger partial charge in [-0.1, -0.05) is 48.5 Å². The number of nitrogens with zero attached hydrogens (tertiary/aromatic N) is 7. The first kappa shape index (κ1) is 29.4. The number of amides is 1. The fraction of sp³-hybridized carbons (Fsp3) is 0.382. The third-order valence-electron chi connectivity index (χ3n) is 9.56. The molecule has 7 rings (SSSR count). The third kappa shape index (κ3) is 5.24. The van der Waals surface area contributed by atoms with Gasteiger partial charge in [0.15, 0.2) is 5.65 Å². The highest BCUT2D eigenvalue weighted by atomic mass is 35.5. The topological polar surface area (TPSA) is 98.5 Å². The van der Waals surface area contributed by atoms with Crippen molar-refractivity contribution in [2.75, 3.05) is 44.2 Å². The molecular weight excluding hydrogens is 593 g/mol. The molecule has 0 radical (unpaired) electrons. The van der Waals surface area contributed by atoms with E-state index < -0.39 is 5.82 Å². The molecule has 0 unspecified atom stereocenters. The number of halogens is 2. The highest BCUT2D eigenvalue weighted by molar-refractivity contribution is 6.36. The molecule has 4 aromatic rings. The molecule has 0 aliphatic carbocycles. The van der Waals surface area contributed by atoms with E-state index in [2.05, 4.69) is 17.5 Å². The number of anilines is 1. The standard InChI is InChI=1S/C34H33ClFN7O2/c1-2-28(44)43-18-17-41(20-23(43)11-14-37)32-25-19-27(36)30(24-9-3-7-22-8-4-10-26(35)29(22)24)38-31(25)39-33(40-32)45-21-34-12-5-15-42(34)16-6-13-34/h2-4,7-10,19,23H,1,5-6,11-13,15-18,20-21H2/t23-/m0/s1. The number of nitriles is 1. The van der Waals surface area contributed by atoms with Crippen molar-refractivity contribution in [3.8, 4) is 23.3 Å². The molecule has 230 valence electrons. The maximum absolute atomic E-state index is 16.1. The van der Waals surface area contributed by atoms with Crippen LogP contribution in [0.3, 0.4) is 0 Å². The van der Waals surface area contributed by atoms with Crippen LogP contribution in [0, 0.1) is 17.1 Å². The van der Waals surface area contributed by atoms with Gasteiger partial charge in [0, 0.05) is 35.6 Å². The van der Waals surface area contributed by atoms with E-state index in [-0.39, 0.29) is 35.6 Å². The second-order valence-corrected chi connectivity index (χ2v) is 12.5. The Morgan fingerprint density at radius 1 is 1.13 bits per heavy atom. The van der Waals surface area contributed by atoms with E-state index in [1.165, 1.54) is 12.1 Å². The van der Waals surface area contributed by atoms with Crippen LogP contribution in [0.2, 0.25) is 5.02 Å². The molecule has 9 nitrogen and oxygen atoms in total. The summed E-state index contributed by atoms with van der Waals surface area (Å²) in [4.78, 5) is 33.0. The van der Waals surface area contributed by atoms with Crippen molar-refractivity contribution < 1.29 is 13.9 Å². The zero-order chi connectivity index (χ0) is 31.1. The summed E-state index contributed by atoms with van der Waals surface area (Å²) in [6, 6.07) is 14.6. The smallest absolute Gasteiger partial charge is 0.320 e. The fourth-order valence-corrected chi connectivity index (χ4v) is 7.66. The highest BCUT2D eigenvalue weighted by Gasteiger charge is 2.45. The van der Waals surface area contributed by atoms with Gasteiger partial charge in [-0.3, -0.25) is 9.69 Å². The Kier molecular flexibility index (Phi) is 7.76. The zero-order valence-corrected chi connectivity index (χ0v) is 25.6. The summed E-state index contributed by atoms with van der Waals surface area (Å²) < 4.78 is 22.5. The number of ether oxygens (including phenoxy) is 1. The van der Waals surface area contributed by atoms with Gasteiger partial charge in [-0.2, -0.15) is 15.2 Å². The molecule has 0 spiro atoms. The highest BCUT2D eigenvalue weighted by Crippen LogP contribution is 2.40. The van der Waals surface area contributed by atoms with Crippen molar-refractivity contribution in [1.82, 2.24) is 24.8 Å². The zero-order valence-electron chi connectivity index (χ0n) is 24.9. The van der Waals surface area contributed by atoms with Gasteiger partial charge >= 0.3 is 6.01 Å². The number of hydrogen-bond acceptors (Lipinski definition) is 8. The minimum absolute atomic E-state index is 0.0197. The molecule has 45 heavy (non-hydrogen) atoms.